The van der Waals surface area contributed by atoms with Crippen molar-refractivity contribution in [1.29, 1.82) is 0 Å². The Kier molecular flexibility index (Phi) is 5.83. The van der Waals surface area contributed by atoms with Crippen LogP contribution >= 0.6 is 0 Å². The molecule has 27 heavy (non-hydrogen) atoms. The van der Waals surface area contributed by atoms with Crippen LogP contribution in [0.15, 0.2) is 42.7 Å². The van der Waals surface area contributed by atoms with E-state index in [1.807, 2.05) is 44.2 Å². The summed E-state index contributed by atoms with van der Waals surface area (Å²) in [6.45, 7) is 4.06. The largest absolute Gasteiger partial charge is 0.481 e. The summed E-state index contributed by atoms with van der Waals surface area (Å²) in [5.41, 5.74) is 3.18. The molecule has 0 radical (unpaired) electrons. The third-order valence-corrected chi connectivity index (χ3v) is 4.21. The van der Waals surface area contributed by atoms with Crippen LogP contribution in [-0.4, -0.2) is 43.7 Å². The summed E-state index contributed by atoms with van der Waals surface area (Å²) in [6.07, 6.45) is 3.26. The second-order valence-corrected chi connectivity index (χ2v) is 6.70. The Hall–Kier alpha value is -2.77. The number of hydrogen-bond acceptors (Lipinski definition) is 5. The minimum Gasteiger partial charge on any atom is -0.481 e. The summed E-state index contributed by atoms with van der Waals surface area (Å²) in [4.78, 5) is 15.1. The lowest BCUT2D eigenvalue weighted by molar-refractivity contribution is -0.136. The number of carboxylic acids is 1. The average Bonchev–Trinajstić information content (AvgIpc) is 3.08. The van der Waals surface area contributed by atoms with Gasteiger partial charge >= 0.3 is 5.97 Å². The van der Waals surface area contributed by atoms with E-state index in [4.69, 9.17) is 9.84 Å². The third-order valence-electron chi connectivity index (χ3n) is 4.21. The SMILES string of the molecule is CC(C)OC[C@H](O)c1cnc2c(cnn2-c2ccc(CCC(=O)O)cc2)c1. The van der Waals surface area contributed by atoms with Crippen molar-refractivity contribution < 1.29 is 19.7 Å². The molecule has 1 atom stereocenters. The van der Waals surface area contributed by atoms with Crippen molar-refractivity contribution in [3.63, 3.8) is 0 Å². The van der Waals surface area contributed by atoms with Gasteiger partial charge in [0.15, 0.2) is 5.65 Å². The maximum Gasteiger partial charge on any atom is 0.303 e. The van der Waals surface area contributed by atoms with Gasteiger partial charge in [0.2, 0.25) is 0 Å². The summed E-state index contributed by atoms with van der Waals surface area (Å²) in [6, 6.07) is 9.44. The molecule has 0 spiro atoms. The van der Waals surface area contributed by atoms with Crippen LogP contribution in [0.3, 0.4) is 0 Å². The molecule has 0 aliphatic carbocycles. The molecule has 2 heterocycles. The Morgan fingerprint density at radius 1 is 1.22 bits per heavy atom. The highest BCUT2D eigenvalue weighted by molar-refractivity contribution is 5.77. The van der Waals surface area contributed by atoms with Gasteiger partial charge in [-0.25, -0.2) is 9.67 Å². The van der Waals surface area contributed by atoms with Crippen LogP contribution in [0.4, 0.5) is 0 Å². The number of pyridine rings is 1. The van der Waals surface area contributed by atoms with Crippen LogP contribution in [0.25, 0.3) is 16.7 Å². The Morgan fingerprint density at radius 2 is 1.96 bits per heavy atom. The fourth-order valence-corrected chi connectivity index (χ4v) is 2.74. The predicted octanol–water partition coefficient (Wildman–Crippen LogP) is 2.90. The van der Waals surface area contributed by atoms with Crippen LogP contribution in [0, 0.1) is 0 Å². The van der Waals surface area contributed by atoms with E-state index in [2.05, 4.69) is 10.1 Å². The lowest BCUT2D eigenvalue weighted by Crippen LogP contribution is -2.12. The molecule has 0 aliphatic heterocycles. The van der Waals surface area contributed by atoms with Crippen LogP contribution < -0.4 is 0 Å². The first-order valence-electron chi connectivity index (χ1n) is 8.88. The summed E-state index contributed by atoms with van der Waals surface area (Å²) in [5.74, 6) is -0.807. The van der Waals surface area contributed by atoms with E-state index < -0.39 is 12.1 Å². The van der Waals surface area contributed by atoms with Crippen LogP contribution in [0.2, 0.25) is 0 Å². The van der Waals surface area contributed by atoms with Gasteiger partial charge in [0, 0.05) is 23.6 Å². The molecule has 0 saturated heterocycles. The second-order valence-electron chi connectivity index (χ2n) is 6.70. The molecule has 0 fully saturated rings. The topological polar surface area (TPSA) is 97.5 Å². The normalized spacial score (nSPS) is 12.6. The number of aliphatic hydroxyl groups excluding tert-OH is 1. The number of rotatable bonds is 8. The van der Waals surface area contributed by atoms with Gasteiger partial charge in [0.25, 0.3) is 0 Å². The van der Waals surface area contributed by atoms with Gasteiger partial charge in [0.1, 0.15) is 6.10 Å². The molecule has 2 aromatic heterocycles. The number of carbonyl (C=O) groups is 1. The zero-order valence-corrected chi connectivity index (χ0v) is 15.4. The number of carboxylic acid groups (broad SMARTS) is 1. The molecule has 3 aromatic rings. The number of aromatic nitrogens is 3. The number of nitrogens with zero attached hydrogens (tertiary/aromatic N) is 3. The van der Waals surface area contributed by atoms with E-state index in [9.17, 15) is 9.90 Å². The second kappa shape index (κ2) is 8.28. The monoisotopic (exact) mass is 369 g/mol. The molecule has 0 amide bonds. The van der Waals surface area contributed by atoms with Crippen molar-refractivity contribution in [2.24, 2.45) is 0 Å². The highest BCUT2D eigenvalue weighted by atomic mass is 16.5. The maximum atomic E-state index is 10.7. The molecule has 0 bridgehead atoms. The summed E-state index contributed by atoms with van der Waals surface area (Å²) >= 11 is 0. The number of aryl methyl sites for hydroxylation is 1. The molecule has 0 unspecified atom stereocenters. The van der Waals surface area contributed by atoms with E-state index in [0.717, 1.165) is 16.6 Å². The molecule has 1 aromatic carbocycles. The lowest BCUT2D eigenvalue weighted by Gasteiger charge is -2.13. The van der Waals surface area contributed by atoms with Crippen LogP contribution in [0.5, 0.6) is 0 Å². The minimum absolute atomic E-state index is 0.0533. The van der Waals surface area contributed by atoms with Gasteiger partial charge in [-0.05, 0) is 44.0 Å². The number of fused-ring (bicyclic) bond motifs is 1. The molecular weight excluding hydrogens is 346 g/mol. The van der Waals surface area contributed by atoms with Crippen LogP contribution in [0.1, 0.15) is 37.5 Å². The number of benzene rings is 1. The van der Waals surface area contributed by atoms with E-state index in [0.29, 0.717) is 17.6 Å². The standard InChI is InChI=1S/C20H23N3O4/c1-13(2)27-12-18(24)15-9-16-11-22-23(20(16)21-10-15)17-6-3-14(4-7-17)5-8-19(25)26/h3-4,6-7,9-11,13,18,24H,5,8,12H2,1-2H3,(H,25,26)/t18-/m0/s1. The Bertz CT molecular complexity index is 919. The highest BCUT2D eigenvalue weighted by Gasteiger charge is 2.13. The first kappa shape index (κ1) is 19.0. The Morgan fingerprint density at radius 3 is 2.63 bits per heavy atom. The molecule has 3 rings (SSSR count). The van der Waals surface area contributed by atoms with Gasteiger partial charge in [-0.3, -0.25) is 4.79 Å². The van der Waals surface area contributed by atoms with E-state index in [-0.39, 0.29) is 19.1 Å². The molecule has 0 aliphatic rings. The zero-order valence-electron chi connectivity index (χ0n) is 15.4. The first-order valence-corrected chi connectivity index (χ1v) is 8.88. The molecule has 0 saturated carbocycles. The number of hydrogen-bond donors (Lipinski definition) is 2. The Labute approximate surface area is 157 Å². The fraction of sp³-hybridized carbons (Fsp3) is 0.350. The van der Waals surface area contributed by atoms with Crippen molar-refractivity contribution in [3.8, 4) is 5.69 Å². The number of aliphatic hydroxyl groups is 1. The predicted molar refractivity (Wildman–Crippen MR) is 101 cm³/mol. The zero-order chi connectivity index (χ0) is 19.4. The van der Waals surface area contributed by atoms with E-state index in [1.54, 1.807) is 17.1 Å². The maximum absolute atomic E-state index is 10.7. The van der Waals surface area contributed by atoms with Crippen molar-refractivity contribution >= 4 is 17.0 Å². The molecule has 142 valence electrons. The fourth-order valence-electron chi connectivity index (χ4n) is 2.74. The smallest absolute Gasteiger partial charge is 0.303 e. The van der Waals surface area contributed by atoms with Gasteiger partial charge in [-0.2, -0.15) is 5.10 Å². The Balaban J connectivity index is 1.79. The third kappa shape index (κ3) is 4.69. The van der Waals surface area contributed by atoms with E-state index >= 15 is 0 Å². The van der Waals surface area contributed by atoms with Crippen LogP contribution in [-0.2, 0) is 16.0 Å². The molecule has 2 N–H and O–H groups in total. The van der Waals surface area contributed by atoms with Crippen molar-refractivity contribution in [1.82, 2.24) is 14.8 Å². The summed E-state index contributed by atoms with van der Waals surface area (Å²) < 4.78 is 7.17. The average molecular weight is 369 g/mol. The van der Waals surface area contributed by atoms with Crippen molar-refractivity contribution in [2.45, 2.75) is 38.9 Å². The van der Waals surface area contributed by atoms with Gasteiger partial charge in [-0.1, -0.05) is 12.1 Å². The highest BCUT2D eigenvalue weighted by Crippen LogP contribution is 2.21. The van der Waals surface area contributed by atoms with Crippen molar-refractivity contribution in [2.75, 3.05) is 6.61 Å². The van der Waals surface area contributed by atoms with Crippen molar-refractivity contribution in [3.05, 3.63) is 53.9 Å². The summed E-state index contributed by atoms with van der Waals surface area (Å²) in [7, 11) is 0. The van der Waals surface area contributed by atoms with Gasteiger partial charge < -0.3 is 14.9 Å². The molecule has 7 nitrogen and oxygen atoms in total. The molecule has 7 heteroatoms. The van der Waals surface area contributed by atoms with Gasteiger partial charge in [0.05, 0.1) is 24.6 Å². The number of aliphatic carboxylic acids is 1. The van der Waals surface area contributed by atoms with Gasteiger partial charge in [-0.15, -0.1) is 0 Å². The first-order chi connectivity index (χ1) is 12.9. The van der Waals surface area contributed by atoms with E-state index in [1.165, 1.54) is 0 Å². The molecular formula is C20H23N3O4. The minimum atomic E-state index is -0.807. The lowest BCUT2D eigenvalue weighted by atomic mass is 10.1. The quantitative estimate of drug-likeness (QED) is 0.634. The summed E-state index contributed by atoms with van der Waals surface area (Å²) in [5, 5.41) is 24.2. The number of ether oxygens (including phenoxy) is 1.